The van der Waals surface area contributed by atoms with E-state index in [0.29, 0.717) is 18.1 Å². The SMILES string of the molecule is O=C(NCCCCn1nccc1Br)c1cc(-c2ccco2)on1. The molecular weight excluding hydrogens is 364 g/mol. The van der Waals surface area contributed by atoms with E-state index < -0.39 is 0 Å². The minimum atomic E-state index is -0.258. The van der Waals surface area contributed by atoms with E-state index in [9.17, 15) is 4.79 Å². The van der Waals surface area contributed by atoms with Crippen LogP contribution in [-0.2, 0) is 6.54 Å². The van der Waals surface area contributed by atoms with Crippen molar-refractivity contribution in [2.45, 2.75) is 19.4 Å². The van der Waals surface area contributed by atoms with Gasteiger partial charge in [0, 0.05) is 19.2 Å². The third-order valence-corrected chi connectivity index (χ3v) is 3.93. The number of aryl methyl sites for hydroxylation is 1. The van der Waals surface area contributed by atoms with Gasteiger partial charge in [-0.3, -0.25) is 9.48 Å². The number of amides is 1. The van der Waals surface area contributed by atoms with Gasteiger partial charge in [-0.25, -0.2) is 0 Å². The van der Waals surface area contributed by atoms with Crippen LogP contribution >= 0.6 is 15.9 Å². The van der Waals surface area contributed by atoms with E-state index >= 15 is 0 Å². The van der Waals surface area contributed by atoms with Crippen molar-refractivity contribution < 1.29 is 13.7 Å². The van der Waals surface area contributed by atoms with Crippen molar-refractivity contribution in [3.8, 4) is 11.5 Å². The van der Waals surface area contributed by atoms with Crippen molar-refractivity contribution in [3.63, 3.8) is 0 Å². The van der Waals surface area contributed by atoms with Crippen LogP contribution in [0.3, 0.4) is 0 Å². The molecule has 23 heavy (non-hydrogen) atoms. The molecule has 0 unspecified atom stereocenters. The highest BCUT2D eigenvalue weighted by Crippen LogP contribution is 2.20. The van der Waals surface area contributed by atoms with Gasteiger partial charge in [0.2, 0.25) is 5.76 Å². The summed E-state index contributed by atoms with van der Waals surface area (Å²) in [4.78, 5) is 12.0. The molecule has 0 radical (unpaired) electrons. The van der Waals surface area contributed by atoms with Gasteiger partial charge in [-0.15, -0.1) is 0 Å². The molecule has 8 heteroatoms. The molecular formula is C15H15BrN4O3. The van der Waals surface area contributed by atoms with Gasteiger partial charge in [0.15, 0.2) is 11.5 Å². The van der Waals surface area contributed by atoms with E-state index in [2.05, 4.69) is 31.5 Å². The van der Waals surface area contributed by atoms with Crippen LogP contribution in [-0.4, -0.2) is 27.4 Å². The Hall–Kier alpha value is -2.35. The van der Waals surface area contributed by atoms with Crippen LogP contribution in [0.25, 0.3) is 11.5 Å². The molecule has 120 valence electrons. The Morgan fingerprint density at radius 1 is 1.30 bits per heavy atom. The summed E-state index contributed by atoms with van der Waals surface area (Å²) in [6.45, 7) is 1.37. The molecule has 0 spiro atoms. The number of unbranched alkanes of at least 4 members (excludes halogenated alkanes) is 1. The zero-order valence-corrected chi connectivity index (χ0v) is 13.8. The first-order valence-corrected chi connectivity index (χ1v) is 7.99. The second-order valence-corrected chi connectivity index (χ2v) is 5.71. The lowest BCUT2D eigenvalue weighted by molar-refractivity contribution is 0.0944. The monoisotopic (exact) mass is 378 g/mol. The van der Waals surface area contributed by atoms with Crippen molar-refractivity contribution in [2.75, 3.05) is 6.54 Å². The molecule has 0 atom stereocenters. The van der Waals surface area contributed by atoms with Crippen LogP contribution in [0.5, 0.6) is 0 Å². The lowest BCUT2D eigenvalue weighted by Gasteiger charge is -2.04. The molecule has 7 nitrogen and oxygen atoms in total. The number of hydrogen-bond donors (Lipinski definition) is 1. The van der Waals surface area contributed by atoms with Gasteiger partial charge in [-0.2, -0.15) is 5.10 Å². The molecule has 3 heterocycles. The van der Waals surface area contributed by atoms with Gasteiger partial charge in [0.25, 0.3) is 5.91 Å². The van der Waals surface area contributed by atoms with E-state index in [1.165, 1.54) is 6.26 Å². The molecule has 0 aromatic carbocycles. The van der Waals surface area contributed by atoms with Gasteiger partial charge in [0.1, 0.15) is 4.60 Å². The molecule has 3 rings (SSSR count). The molecule has 3 aromatic heterocycles. The van der Waals surface area contributed by atoms with Crippen LogP contribution in [0, 0.1) is 0 Å². The number of nitrogens with zero attached hydrogens (tertiary/aromatic N) is 3. The van der Waals surface area contributed by atoms with Gasteiger partial charge >= 0.3 is 0 Å². The zero-order chi connectivity index (χ0) is 16.1. The third-order valence-electron chi connectivity index (χ3n) is 3.25. The molecule has 1 amide bonds. The fraction of sp³-hybridized carbons (Fsp3) is 0.267. The summed E-state index contributed by atoms with van der Waals surface area (Å²) in [5.74, 6) is 0.719. The molecule has 0 bridgehead atoms. The fourth-order valence-electron chi connectivity index (χ4n) is 2.08. The van der Waals surface area contributed by atoms with Crippen molar-refractivity contribution >= 4 is 21.8 Å². The number of nitrogens with one attached hydrogen (secondary N) is 1. The number of rotatable bonds is 7. The maximum absolute atomic E-state index is 12.0. The Balaban J connectivity index is 1.42. The van der Waals surface area contributed by atoms with E-state index in [-0.39, 0.29) is 11.6 Å². The predicted octanol–water partition coefficient (Wildman–Crippen LogP) is 3.10. The normalized spacial score (nSPS) is 10.8. The second kappa shape index (κ2) is 7.28. The Labute approximate surface area is 140 Å². The van der Waals surface area contributed by atoms with E-state index in [0.717, 1.165) is 24.0 Å². The summed E-state index contributed by atoms with van der Waals surface area (Å²) in [5, 5.41) is 10.7. The van der Waals surface area contributed by atoms with Gasteiger partial charge in [-0.05, 0) is 47.0 Å². The van der Waals surface area contributed by atoms with Crippen LogP contribution in [0.1, 0.15) is 23.3 Å². The van der Waals surface area contributed by atoms with Crippen molar-refractivity contribution in [1.82, 2.24) is 20.3 Å². The lowest BCUT2D eigenvalue weighted by Crippen LogP contribution is -2.24. The Morgan fingerprint density at radius 3 is 2.96 bits per heavy atom. The van der Waals surface area contributed by atoms with Gasteiger partial charge in [0.05, 0.1) is 12.5 Å². The molecule has 1 N–H and O–H groups in total. The molecule has 0 fully saturated rings. The maximum atomic E-state index is 12.0. The van der Waals surface area contributed by atoms with Crippen LogP contribution < -0.4 is 5.32 Å². The molecule has 0 aliphatic rings. The summed E-state index contributed by atoms with van der Waals surface area (Å²) < 4.78 is 13.1. The minimum absolute atomic E-state index is 0.242. The first-order valence-electron chi connectivity index (χ1n) is 7.20. The smallest absolute Gasteiger partial charge is 0.273 e. The predicted molar refractivity (Wildman–Crippen MR) is 85.7 cm³/mol. The van der Waals surface area contributed by atoms with Crippen molar-refractivity contribution in [3.05, 3.63) is 47.0 Å². The second-order valence-electron chi connectivity index (χ2n) is 4.89. The third kappa shape index (κ3) is 3.89. The average molecular weight is 379 g/mol. The highest BCUT2D eigenvalue weighted by molar-refractivity contribution is 9.10. The van der Waals surface area contributed by atoms with Crippen LogP contribution in [0.4, 0.5) is 0 Å². The summed E-state index contributed by atoms with van der Waals surface area (Å²) in [7, 11) is 0. The summed E-state index contributed by atoms with van der Waals surface area (Å²) >= 11 is 3.41. The molecule has 0 aliphatic heterocycles. The molecule has 0 saturated heterocycles. The number of furan rings is 1. The Bertz CT molecular complexity index is 763. The summed E-state index contributed by atoms with van der Waals surface area (Å²) in [5.41, 5.74) is 0.242. The number of carbonyl (C=O) groups is 1. The number of hydrogen-bond acceptors (Lipinski definition) is 5. The highest BCUT2D eigenvalue weighted by atomic mass is 79.9. The standard InChI is InChI=1S/C15H15BrN4O3/c16-14-5-7-18-20(14)8-2-1-6-17-15(21)11-10-13(23-19-11)12-4-3-9-22-12/h3-5,7,9-10H,1-2,6,8H2,(H,17,21). The first-order chi connectivity index (χ1) is 11.2. The van der Waals surface area contributed by atoms with Crippen LogP contribution in [0.2, 0.25) is 0 Å². The minimum Gasteiger partial charge on any atom is -0.461 e. The van der Waals surface area contributed by atoms with Crippen molar-refractivity contribution in [2.24, 2.45) is 0 Å². The van der Waals surface area contributed by atoms with Gasteiger partial charge < -0.3 is 14.3 Å². The number of aromatic nitrogens is 3. The summed E-state index contributed by atoms with van der Waals surface area (Å²) in [6, 6.07) is 6.95. The lowest BCUT2D eigenvalue weighted by atomic mass is 10.3. The Kier molecular flexibility index (Phi) is 4.92. The molecule has 0 saturated carbocycles. The summed E-state index contributed by atoms with van der Waals surface area (Å²) in [6.07, 6.45) is 5.04. The Morgan fingerprint density at radius 2 is 2.22 bits per heavy atom. The number of halogens is 1. The van der Waals surface area contributed by atoms with Crippen molar-refractivity contribution in [1.29, 1.82) is 0 Å². The van der Waals surface area contributed by atoms with E-state index in [1.54, 1.807) is 24.4 Å². The number of carbonyl (C=O) groups excluding carboxylic acids is 1. The molecule has 0 aliphatic carbocycles. The first kappa shape index (κ1) is 15.5. The topological polar surface area (TPSA) is 86.1 Å². The van der Waals surface area contributed by atoms with Crippen LogP contribution in [0.15, 0.2) is 50.3 Å². The largest absolute Gasteiger partial charge is 0.461 e. The maximum Gasteiger partial charge on any atom is 0.273 e. The van der Waals surface area contributed by atoms with Gasteiger partial charge in [-0.1, -0.05) is 5.16 Å². The quantitative estimate of drug-likeness (QED) is 0.638. The molecule has 3 aromatic rings. The van der Waals surface area contributed by atoms with E-state index in [4.69, 9.17) is 8.94 Å². The van der Waals surface area contributed by atoms with E-state index in [1.807, 2.05) is 10.7 Å². The zero-order valence-electron chi connectivity index (χ0n) is 12.2. The average Bonchev–Trinajstić information content (AvgIpc) is 3.28. The fourth-order valence-corrected chi connectivity index (χ4v) is 2.46. The highest BCUT2D eigenvalue weighted by Gasteiger charge is 2.14.